The van der Waals surface area contributed by atoms with E-state index < -0.39 is 0 Å². The number of nitrogens with one attached hydrogen (secondary N) is 1. The van der Waals surface area contributed by atoms with Crippen LogP contribution in [0.1, 0.15) is 37.7 Å². The second kappa shape index (κ2) is 5.60. The van der Waals surface area contributed by atoms with E-state index in [-0.39, 0.29) is 5.54 Å². The summed E-state index contributed by atoms with van der Waals surface area (Å²) in [6.45, 7) is 0.696. The molecule has 0 aliphatic heterocycles. The molecule has 0 unspecified atom stereocenters. The highest BCUT2D eigenvalue weighted by Gasteiger charge is 2.27. The SMILES string of the molecule is N#Cc1ccc(Cl)cc1NCC1(N)CCCCC1. The van der Waals surface area contributed by atoms with Crippen molar-refractivity contribution in [3.8, 4) is 6.07 Å². The van der Waals surface area contributed by atoms with Gasteiger partial charge in [-0.2, -0.15) is 5.26 Å². The number of halogens is 1. The Balaban J connectivity index is 2.05. The second-order valence-electron chi connectivity index (χ2n) is 5.08. The van der Waals surface area contributed by atoms with E-state index in [2.05, 4.69) is 11.4 Å². The van der Waals surface area contributed by atoms with Gasteiger partial charge in [-0.05, 0) is 31.0 Å². The van der Waals surface area contributed by atoms with Crippen molar-refractivity contribution in [3.05, 3.63) is 28.8 Å². The number of rotatable bonds is 3. The maximum atomic E-state index is 9.05. The summed E-state index contributed by atoms with van der Waals surface area (Å²) < 4.78 is 0. The molecule has 0 radical (unpaired) electrons. The van der Waals surface area contributed by atoms with Crippen molar-refractivity contribution < 1.29 is 0 Å². The third kappa shape index (κ3) is 3.16. The zero-order valence-corrected chi connectivity index (χ0v) is 11.1. The minimum absolute atomic E-state index is 0.146. The minimum Gasteiger partial charge on any atom is -0.382 e. The number of anilines is 1. The minimum atomic E-state index is -0.146. The van der Waals surface area contributed by atoms with Crippen molar-refractivity contribution in [1.29, 1.82) is 5.26 Å². The first kappa shape index (κ1) is 13.2. The van der Waals surface area contributed by atoms with E-state index in [1.165, 1.54) is 19.3 Å². The fourth-order valence-electron chi connectivity index (χ4n) is 2.46. The third-order valence-corrected chi connectivity index (χ3v) is 3.82. The van der Waals surface area contributed by atoms with E-state index in [1.807, 2.05) is 0 Å². The van der Waals surface area contributed by atoms with Gasteiger partial charge >= 0.3 is 0 Å². The van der Waals surface area contributed by atoms with E-state index >= 15 is 0 Å². The lowest BCUT2D eigenvalue weighted by molar-refractivity contribution is 0.311. The van der Waals surface area contributed by atoms with Gasteiger partial charge in [-0.25, -0.2) is 0 Å². The number of nitrogens with zero attached hydrogens (tertiary/aromatic N) is 1. The number of hydrogen-bond donors (Lipinski definition) is 2. The quantitative estimate of drug-likeness (QED) is 0.880. The molecule has 3 N–H and O–H groups in total. The third-order valence-electron chi connectivity index (χ3n) is 3.58. The normalized spacial score (nSPS) is 18.1. The van der Waals surface area contributed by atoms with Crippen LogP contribution in [0.3, 0.4) is 0 Å². The molecular formula is C14H18ClN3. The molecule has 1 fully saturated rings. The van der Waals surface area contributed by atoms with Gasteiger partial charge in [0.2, 0.25) is 0 Å². The molecule has 3 nitrogen and oxygen atoms in total. The summed E-state index contributed by atoms with van der Waals surface area (Å²) in [4.78, 5) is 0. The summed E-state index contributed by atoms with van der Waals surface area (Å²) in [5.74, 6) is 0. The van der Waals surface area contributed by atoms with E-state index in [0.717, 1.165) is 18.5 Å². The van der Waals surface area contributed by atoms with Crippen molar-refractivity contribution in [3.63, 3.8) is 0 Å². The molecule has 1 aromatic rings. The fraction of sp³-hybridized carbons (Fsp3) is 0.500. The van der Waals surface area contributed by atoms with Gasteiger partial charge < -0.3 is 11.1 Å². The molecule has 96 valence electrons. The number of nitrogens with two attached hydrogens (primary N) is 1. The van der Waals surface area contributed by atoms with Gasteiger partial charge in [0.1, 0.15) is 6.07 Å². The molecule has 2 rings (SSSR count). The summed E-state index contributed by atoms with van der Waals surface area (Å²) in [5, 5.41) is 13.0. The Bertz CT molecular complexity index is 459. The monoisotopic (exact) mass is 263 g/mol. The van der Waals surface area contributed by atoms with Crippen LogP contribution in [-0.2, 0) is 0 Å². The summed E-state index contributed by atoms with van der Waals surface area (Å²) in [6, 6.07) is 7.40. The van der Waals surface area contributed by atoms with Crippen molar-refractivity contribution >= 4 is 17.3 Å². The van der Waals surface area contributed by atoms with Crippen LogP contribution in [0.25, 0.3) is 0 Å². The predicted octanol–water partition coefficient (Wildman–Crippen LogP) is 3.29. The zero-order chi connectivity index (χ0) is 13.0. The van der Waals surface area contributed by atoms with Crippen LogP contribution in [0.15, 0.2) is 18.2 Å². The van der Waals surface area contributed by atoms with Crippen molar-refractivity contribution in [2.75, 3.05) is 11.9 Å². The second-order valence-corrected chi connectivity index (χ2v) is 5.51. The van der Waals surface area contributed by atoms with E-state index in [4.69, 9.17) is 22.6 Å². The number of hydrogen-bond acceptors (Lipinski definition) is 3. The average Bonchev–Trinajstić information content (AvgIpc) is 2.38. The van der Waals surface area contributed by atoms with Crippen LogP contribution in [0, 0.1) is 11.3 Å². The lowest BCUT2D eigenvalue weighted by atomic mass is 9.82. The summed E-state index contributed by atoms with van der Waals surface area (Å²) in [5.41, 5.74) is 7.60. The topological polar surface area (TPSA) is 61.8 Å². The van der Waals surface area contributed by atoms with Gasteiger partial charge in [0, 0.05) is 17.1 Å². The lowest BCUT2D eigenvalue weighted by Crippen LogP contribution is -2.47. The Hall–Kier alpha value is -1.24. The van der Waals surface area contributed by atoms with Gasteiger partial charge in [-0.15, -0.1) is 0 Å². The van der Waals surface area contributed by atoms with Crippen molar-refractivity contribution in [1.82, 2.24) is 0 Å². The Labute approximate surface area is 113 Å². The Kier molecular flexibility index (Phi) is 4.11. The number of benzene rings is 1. The molecule has 0 spiro atoms. The highest BCUT2D eigenvalue weighted by atomic mass is 35.5. The van der Waals surface area contributed by atoms with Crippen molar-refractivity contribution in [2.24, 2.45) is 5.73 Å². The highest BCUT2D eigenvalue weighted by Crippen LogP contribution is 2.27. The molecular weight excluding hydrogens is 246 g/mol. The van der Waals surface area contributed by atoms with E-state index in [0.29, 0.717) is 17.1 Å². The maximum Gasteiger partial charge on any atom is 0.101 e. The molecule has 0 saturated heterocycles. The van der Waals surface area contributed by atoms with Crippen LogP contribution < -0.4 is 11.1 Å². The first-order chi connectivity index (χ1) is 8.63. The number of nitriles is 1. The molecule has 0 heterocycles. The van der Waals surface area contributed by atoms with Crippen molar-refractivity contribution in [2.45, 2.75) is 37.6 Å². The molecule has 0 amide bonds. The molecule has 1 aromatic carbocycles. The average molecular weight is 264 g/mol. The first-order valence-electron chi connectivity index (χ1n) is 6.35. The van der Waals surface area contributed by atoms with Crippen LogP contribution in [0.5, 0.6) is 0 Å². The van der Waals surface area contributed by atoms with Crippen LogP contribution in [0.2, 0.25) is 5.02 Å². The van der Waals surface area contributed by atoms with E-state index in [9.17, 15) is 0 Å². The molecule has 4 heteroatoms. The van der Waals surface area contributed by atoms with Gasteiger partial charge in [0.05, 0.1) is 11.3 Å². The lowest BCUT2D eigenvalue weighted by Gasteiger charge is -2.34. The zero-order valence-electron chi connectivity index (χ0n) is 10.4. The predicted molar refractivity (Wildman–Crippen MR) is 74.7 cm³/mol. The molecule has 0 bridgehead atoms. The van der Waals surface area contributed by atoms with Crippen LogP contribution >= 0.6 is 11.6 Å². The standard InChI is InChI=1S/C14H18ClN3/c15-12-5-4-11(9-16)13(8-12)18-10-14(17)6-2-1-3-7-14/h4-5,8,18H,1-3,6-7,10,17H2. The van der Waals surface area contributed by atoms with Gasteiger partial charge in [0.15, 0.2) is 0 Å². The fourth-order valence-corrected chi connectivity index (χ4v) is 2.64. The summed E-state index contributed by atoms with van der Waals surface area (Å²) in [6.07, 6.45) is 5.75. The molecule has 18 heavy (non-hydrogen) atoms. The van der Waals surface area contributed by atoms with Gasteiger partial charge in [0.25, 0.3) is 0 Å². The smallest absolute Gasteiger partial charge is 0.101 e. The Morgan fingerprint density at radius 3 is 2.72 bits per heavy atom. The van der Waals surface area contributed by atoms with Crippen LogP contribution in [-0.4, -0.2) is 12.1 Å². The van der Waals surface area contributed by atoms with E-state index in [1.54, 1.807) is 18.2 Å². The Morgan fingerprint density at radius 1 is 1.33 bits per heavy atom. The first-order valence-corrected chi connectivity index (χ1v) is 6.73. The highest BCUT2D eigenvalue weighted by molar-refractivity contribution is 6.30. The maximum absolute atomic E-state index is 9.05. The largest absolute Gasteiger partial charge is 0.382 e. The van der Waals surface area contributed by atoms with Crippen LogP contribution in [0.4, 0.5) is 5.69 Å². The summed E-state index contributed by atoms with van der Waals surface area (Å²) >= 11 is 5.95. The summed E-state index contributed by atoms with van der Waals surface area (Å²) in [7, 11) is 0. The Morgan fingerprint density at radius 2 is 2.06 bits per heavy atom. The molecule has 0 atom stereocenters. The van der Waals surface area contributed by atoms with Gasteiger partial charge in [-0.1, -0.05) is 30.9 Å². The van der Waals surface area contributed by atoms with Gasteiger partial charge in [-0.3, -0.25) is 0 Å². The molecule has 1 saturated carbocycles. The molecule has 0 aromatic heterocycles. The molecule has 1 aliphatic carbocycles. The molecule has 1 aliphatic rings.